The highest BCUT2D eigenvalue weighted by molar-refractivity contribution is 7.15. The van der Waals surface area contributed by atoms with E-state index in [2.05, 4.69) is 25.8 Å². The number of ether oxygens (including phenoxy) is 1. The van der Waals surface area contributed by atoms with Gasteiger partial charge in [0.15, 0.2) is 4.96 Å². The molecule has 0 saturated heterocycles. The monoisotopic (exact) mass is 294 g/mol. The van der Waals surface area contributed by atoms with Crippen LogP contribution in [0.15, 0.2) is 11.6 Å². The molecule has 2 aromatic rings. The zero-order chi connectivity index (χ0) is 14.3. The maximum Gasteiger partial charge on any atom is 0.239 e. The summed E-state index contributed by atoms with van der Waals surface area (Å²) in [6.45, 7) is 6.85. The van der Waals surface area contributed by atoms with Gasteiger partial charge >= 0.3 is 0 Å². The van der Waals surface area contributed by atoms with Crippen molar-refractivity contribution in [3.63, 3.8) is 0 Å². The van der Waals surface area contributed by atoms with Crippen molar-refractivity contribution in [1.29, 1.82) is 0 Å². The molecule has 2 aromatic heterocycles. The van der Waals surface area contributed by atoms with Crippen LogP contribution in [0.4, 0.5) is 0 Å². The molecule has 0 radical (unpaired) electrons. The Morgan fingerprint density at radius 3 is 3.00 bits per heavy atom. The van der Waals surface area contributed by atoms with Crippen molar-refractivity contribution in [1.82, 2.24) is 9.38 Å². The van der Waals surface area contributed by atoms with Gasteiger partial charge in [0.25, 0.3) is 0 Å². The van der Waals surface area contributed by atoms with E-state index in [1.807, 2.05) is 16.0 Å². The molecule has 0 aromatic carbocycles. The molecule has 0 bridgehead atoms. The minimum Gasteiger partial charge on any atom is -0.473 e. The molecule has 2 heterocycles. The quantitative estimate of drug-likeness (QED) is 0.942. The molecule has 5 heteroatoms. The Kier molecular flexibility index (Phi) is 3.50. The number of aliphatic hydroxyl groups excluding tert-OH is 1. The van der Waals surface area contributed by atoms with Gasteiger partial charge in [-0.2, -0.15) is 4.98 Å². The van der Waals surface area contributed by atoms with Gasteiger partial charge in [-0.15, -0.1) is 11.3 Å². The van der Waals surface area contributed by atoms with Gasteiger partial charge in [0, 0.05) is 11.6 Å². The lowest BCUT2D eigenvalue weighted by molar-refractivity contribution is 0.0519. The minimum atomic E-state index is -0.0428. The summed E-state index contributed by atoms with van der Waals surface area (Å²) in [7, 11) is 0. The van der Waals surface area contributed by atoms with Gasteiger partial charge in [-0.25, -0.2) is 0 Å². The fourth-order valence-electron chi connectivity index (χ4n) is 3.56. The maximum absolute atomic E-state index is 9.57. The van der Waals surface area contributed by atoms with Crippen molar-refractivity contribution in [3.8, 4) is 5.88 Å². The Balaban J connectivity index is 1.83. The van der Waals surface area contributed by atoms with Crippen LogP contribution in [0.3, 0.4) is 0 Å². The number of aliphatic hydroxyl groups is 1. The van der Waals surface area contributed by atoms with E-state index in [0.29, 0.717) is 17.2 Å². The second-order valence-electron chi connectivity index (χ2n) is 6.73. The lowest BCUT2D eigenvalue weighted by atomic mass is 9.71. The first-order chi connectivity index (χ1) is 9.48. The second kappa shape index (κ2) is 5.04. The minimum absolute atomic E-state index is 0.0428. The lowest BCUT2D eigenvalue weighted by Crippen LogP contribution is -2.34. The Labute approximate surface area is 123 Å². The molecule has 2 atom stereocenters. The normalized spacial score (nSPS) is 26.0. The average Bonchev–Trinajstić information content (AvgIpc) is 2.85. The number of thiazole rings is 1. The summed E-state index contributed by atoms with van der Waals surface area (Å²) in [5, 5.41) is 11.5. The summed E-state index contributed by atoms with van der Waals surface area (Å²) in [5.74, 6) is 1.28. The number of hydrogen-bond acceptors (Lipinski definition) is 4. The highest BCUT2D eigenvalue weighted by atomic mass is 32.1. The van der Waals surface area contributed by atoms with Crippen LogP contribution in [0, 0.1) is 11.3 Å². The van der Waals surface area contributed by atoms with Gasteiger partial charge in [0.1, 0.15) is 11.8 Å². The van der Waals surface area contributed by atoms with Crippen molar-refractivity contribution in [3.05, 3.63) is 17.3 Å². The molecule has 1 N–H and O–H groups in total. The van der Waals surface area contributed by atoms with E-state index < -0.39 is 0 Å². The van der Waals surface area contributed by atoms with Gasteiger partial charge in [0.2, 0.25) is 5.88 Å². The molecule has 0 amide bonds. The van der Waals surface area contributed by atoms with Gasteiger partial charge in [-0.05, 0) is 30.6 Å². The zero-order valence-corrected chi connectivity index (χ0v) is 13.1. The van der Waals surface area contributed by atoms with Crippen molar-refractivity contribution in [2.45, 2.75) is 52.7 Å². The van der Waals surface area contributed by atoms with Gasteiger partial charge < -0.3 is 9.84 Å². The molecule has 20 heavy (non-hydrogen) atoms. The summed E-state index contributed by atoms with van der Waals surface area (Å²) in [4.78, 5) is 5.39. The Hall–Kier alpha value is -1.07. The van der Waals surface area contributed by atoms with Crippen LogP contribution in [0.25, 0.3) is 4.96 Å². The van der Waals surface area contributed by atoms with E-state index >= 15 is 0 Å². The topological polar surface area (TPSA) is 46.8 Å². The van der Waals surface area contributed by atoms with E-state index in [1.165, 1.54) is 6.42 Å². The van der Waals surface area contributed by atoms with Crippen molar-refractivity contribution in [2.75, 3.05) is 0 Å². The van der Waals surface area contributed by atoms with E-state index in [-0.39, 0.29) is 12.7 Å². The number of aromatic nitrogens is 2. The van der Waals surface area contributed by atoms with E-state index in [0.717, 1.165) is 23.5 Å². The Bertz CT molecular complexity index is 602. The molecule has 1 saturated carbocycles. The predicted molar refractivity (Wildman–Crippen MR) is 80.2 cm³/mol. The second-order valence-corrected chi connectivity index (χ2v) is 7.60. The van der Waals surface area contributed by atoms with Crippen molar-refractivity contribution < 1.29 is 9.84 Å². The van der Waals surface area contributed by atoms with Crippen LogP contribution in [-0.4, -0.2) is 20.6 Å². The standard InChI is InChI=1S/C15H22N2O2S/c1-10-6-11(8-15(2,3)7-10)19-13-12(9-18)17-4-5-20-14(17)16-13/h4-5,10-11,18H,6-9H2,1-3H3. The molecule has 3 rings (SSSR count). The fourth-order valence-corrected chi connectivity index (χ4v) is 4.28. The van der Waals surface area contributed by atoms with Crippen LogP contribution in [0.1, 0.15) is 45.7 Å². The Morgan fingerprint density at radius 1 is 1.50 bits per heavy atom. The van der Waals surface area contributed by atoms with Crippen LogP contribution < -0.4 is 4.74 Å². The number of hydrogen-bond donors (Lipinski definition) is 1. The number of imidazole rings is 1. The first kappa shape index (κ1) is 13.9. The van der Waals surface area contributed by atoms with E-state index in [9.17, 15) is 5.11 Å². The van der Waals surface area contributed by atoms with Crippen LogP contribution in [0.5, 0.6) is 5.88 Å². The summed E-state index contributed by atoms with van der Waals surface area (Å²) < 4.78 is 8.06. The highest BCUT2D eigenvalue weighted by Crippen LogP contribution is 2.40. The third-order valence-electron chi connectivity index (χ3n) is 4.10. The fraction of sp³-hybridized carbons (Fsp3) is 0.667. The predicted octanol–water partition coefficient (Wildman–Crippen LogP) is 3.48. The molecule has 1 fully saturated rings. The molecular formula is C15H22N2O2S. The first-order valence-electron chi connectivity index (χ1n) is 7.20. The third-order valence-corrected chi connectivity index (χ3v) is 4.86. The lowest BCUT2D eigenvalue weighted by Gasteiger charge is -2.38. The largest absolute Gasteiger partial charge is 0.473 e. The summed E-state index contributed by atoms with van der Waals surface area (Å²) in [5.41, 5.74) is 1.08. The molecule has 2 unspecified atom stereocenters. The number of rotatable bonds is 3. The summed E-state index contributed by atoms with van der Waals surface area (Å²) in [6.07, 6.45) is 5.49. The molecule has 0 aliphatic heterocycles. The highest BCUT2D eigenvalue weighted by Gasteiger charge is 2.34. The molecule has 110 valence electrons. The Morgan fingerprint density at radius 2 is 2.30 bits per heavy atom. The van der Waals surface area contributed by atoms with E-state index in [1.54, 1.807) is 11.3 Å². The average molecular weight is 294 g/mol. The number of nitrogens with zero attached hydrogens (tertiary/aromatic N) is 2. The van der Waals surface area contributed by atoms with Crippen LogP contribution in [0.2, 0.25) is 0 Å². The smallest absolute Gasteiger partial charge is 0.239 e. The third kappa shape index (κ3) is 2.56. The first-order valence-corrected chi connectivity index (χ1v) is 8.08. The molecular weight excluding hydrogens is 272 g/mol. The van der Waals surface area contributed by atoms with Crippen molar-refractivity contribution in [2.24, 2.45) is 11.3 Å². The SMILES string of the molecule is CC1CC(Oc2nc3sccn3c2CO)CC(C)(C)C1. The van der Waals surface area contributed by atoms with Crippen LogP contribution >= 0.6 is 11.3 Å². The molecule has 4 nitrogen and oxygen atoms in total. The van der Waals surface area contributed by atoms with E-state index in [4.69, 9.17) is 4.74 Å². The molecule has 1 aliphatic rings. The van der Waals surface area contributed by atoms with Crippen molar-refractivity contribution >= 4 is 16.3 Å². The number of fused-ring (bicyclic) bond motifs is 1. The summed E-state index contributed by atoms with van der Waals surface area (Å²) >= 11 is 1.56. The van der Waals surface area contributed by atoms with Gasteiger partial charge in [-0.3, -0.25) is 4.40 Å². The van der Waals surface area contributed by atoms with Crippen LogP contribution in [-0.2, 0) is 6.61 Å². The zero-order valence-electron chi connectivity index (χ0n) is 12.3. The maximum atomic E-state index is 9.57. The van der Waals surface area contributed by atoms with Gasteiger partial charge in [-0.1, -0.05) is 20.8 Å². The van der Waals surface area contributed by atoms with Gasteiger partial charge in [0.05, 0.1) is 6.61 Å². The summed E-state index contributed by atoms with van der Waals surface area (Å²) in [6, 6.07) is 0. The molecule has 1 aliphatic carbocycles. The molecule has 0 spiro atoms.